The fourth-order valence-electron chi connectivity index (χ4n) is 3.13. The number of nitrogens with two attached hydrogens (primary N) is 1. The molecule has 2 N–H and O–H groups in total. The van der Waals surface area contributed by atoms with Crippen LogP contribution in [-0.4, -0.2) is 36.2 Å². The smallest absolute Gasteiger partial charge is 0.147 e. The molecule has 0 aliphatic carbocycles. The first-order valence-electron chi connectivity index (χ1n) is 7.75. The van der Waals surface area contributed by atoms with Crippen LogP contribution in [0.1, 0.15) is 37.4 Å². The van der Waals surface area contributed by atoms with Crippen LogP contribution in [0.2, 0.25) is 0 Å². The number of likely N-dealkylation sites (tertiary alicyclic amines) is 1. The van der Waals surface area contributed by atoms with Gasteiger partial charge in [-0.25, -0.2) is 4.39 Å². The van der Waals surface area contributed by atoms with Gasteiger partial charge in [0.15, 0.2) is 0 Å². The number of rotatable bonds is 5. The van der Waals surface area contributed by atoms with E-state index in [1.807, 2.05) is 0 Å². The van der Waals surface area contributed by atoms with Crippen LogP contribution < -0.4 is 5.73 Å². The van der Waals surface area contributed by atoms with Crippen LogP contribution in [-0.2, 0) is 0 Å². The molecule has 1 saturated heterocycles. The van der Waals surface area contributed by atoms with Crippen LogP contribution in [0.5, 0.6) is 0 Å². The van der Waals surface area contributed by atoms with Crippen molar-refractivity contribution in [3.05, 3.63) is 29.8 Å². The van der Waals surface area contributed by atoms with Crippen molar-refractivity contribution in [1.82, 2.24) is 10.1 Å². The Hall–Kier alpha value is -1.46. The van der Waals surface area contributed by atoms with Crippen LogP contribution in [0.25, 0.3) is 10.9 Å². The average Bonchev–Trinajstić information content (AvgIpc) is 2.91. The first kappa shape index (κ1) is 14.5. The van der Waals surface area contributed by atoms with E-state index < -0.39 is 0 Å². The van der Waals surface area contributed by atoms with Crippen molar-refractivity contribution in [2.24, 2.45) is 5.73 Å². The molecular formula is C16H22FN3O. The average molecular weight is 291 g/mol. The van der Waals surface area contributed by atoms with Gasteiger partial charge in [-0.15, -0.1) is 0 Å². The van der Waals surface area contributed by atoms with E-state index in [2.05, 4.69) is 10.1 Å². The van der Waals surface area contributed by atoms with Crippen molar-refractivity contribution < 1.29 is 8.91 Å². The number of nitrogens with zero attached hydrogens (tertiary/aromatic N) is 2. The molecule has 0 unspecified atom stereocenters. The molecule has 0 atom stereocenters. The molecule has 1 aliphatic heterocycles. The molecule has 2 heterocycles. The maximum atomic E-state index is 13.2. The molecule has 1 aromatic carbocycles. The minimum absolute atomic E-state index is 0.267. The first-order valence-corrected chi connectivity index (χ1v) is 7.75. The quantitative estimate of drug-likeness (QED) is 0.861. The standard InChI is InChI=1S/C16H22FN3O/c17-13-3-4-14-15(11-13)19-21-16(14)12-5-9-20(10-6-12)8-2-1-7-18/h3-4,11-12H,1-2,5-10,18H2. The minimum Gasteiger partial charge on any atom is -0.360 e. The Morgan fingerprint density at radius 1 is 1.29 bits per heavy atom. The predicted octanol–water partition coefficient (Wildman–Crippen LogP) is 2.89. The lowest BCUT2D eigenvalue weighted by Crippen LogP contribution is -2.33. The number of halogens is 1. The van der Waals surface area contributed by atoms with Crippen molar-refractivity contribution in [3.8, 4) is 0 Å². The van der Waals surface area contributed by atoms with Gasteiger partial charge in [0.1, 0.15) is 17.1 Å². The van der Waals surface area contributed by atoms with Crippen molar-refractivity contribution in [1.29, 1.82) is 0 Å². The SMILES string of the molecule is NCCCCN1CCC(c2onc3cc(F)ccc23)CC1. The molecule has 3 rings (SSSR count). The second-order valence-corrected chi connectivity index (χ2v) is 5.82. The first-order chi connectivity index (χ1) is 10.3. The molecule has 0 saturated carbocycles. The summed E-state index contributed by atoms with van der Waals surface area (Å²) in [5.41, 5.74) is 6.15. The number of piperidine rings is 1. The molecule has 114 valence electrons. The molecule has 1 fully saturated rings. The fraction of sp³-hybridized carbons (Fsp3) is 0.562. The molecule has 2 aromatic rings. The highest BCUT2D eigenvalue weighted by molar-refractivity contribution is 5.80. The van der Waals surface area contributed by atoms with Gasteiger partial charge in [-0.3, -0.25) is 0 Å². The Labute approximate surface area is 124 Å². The highest BCUT2D eigenvalue weighted by atomic mass is 19.1. The van der Waals surface area contributed by atoms with Crippen molar-refractivity contribution in [2.75, 3.05) is 26.2 Å². The number of unbranched alkanes of at least 4 members (excludes halogenated alkanes) is 1. The zero-order chi connectivity index (χ0) is 14.7. The van der Waals surface area contributed by atoms with E-state index in [0.717, 1.165) is 56.6 Å². The number of fused-ring (bicyclic) bond motifs is 1. The maximum Gasteiger partial charge on any atom is 0.147 e. The zero-order valence-corrected chi connectivity index (χ0v) is 12.2. The molecule has 0 amide bonds. The third-order valence-electron chi connectivity index (χ3n) is 4.35. The summed E-state index contributed by atoms with van der Waals surface area (Å²) in [6, 6.07) is 4.69. The van der Waals surface area contributed by atoms with E-state index in [1.165, 1.54) is 18.6 Å². The Morgan fingerprint density at radius 3 is 2.86 bits per heavy atom. The number of hydrogen-bond acceptors (Lipinski definition) is 4. The van der Waals surface area contributed by atoms with E-state index >= 15 is 0 Å². The minimum atomic E-state index is -0.267. The lowest BCUT2D eigenvalue weighted by Gasteiger charge is -2.30. The van der Waals surface area contributed by atoms with E-state index in [-0.39, 0.29) is 5.82 Å². The normalized spacial score (nSPS) is 17.6. The van der Waals surface area contributed by atoms with Crippen LogP contribution in [0.3, 0.4) is 0 Å². The molecule has 0 radical (unpaired) electrons. The molecule has 1 aliphatic rings. The van der Waals surface area contributed by atoms with Gasteiger partial charge in [-0.2, -0.15) is 0 Å². The van der Waals surface area contributed by atoms with Crippen molar-refractivity contribution in [3.63, 3.8) is 0 Å². The summed E-state index contributed by atoms with van der Waals surface area (Å²) in [7, 11) is 0. The van der Waals surface area contributed by atoms with Gasteiger partial charge in [0.2, 0.25) is 0 Å². The monoisotopic (exact) mass is 291 g/mol. The summed E-state index contributed by atoms with van der Waals surface area (Å²) >= 11 is 0. The maximum absolute atomic E-state index is 13.2. The molecule has 0 spiro atoms. The van der Waals surface area contributed by atoms with Gasteiger partial charge in [0.25, 0.3) is 0 Å². The molecule has 21 heavy (non-hydrogen) atoms. The van der Waals surface area contributed by atoms with Gasteiger partial charge >= 0.3 is 0 Å². The van der Waals surface area contributed by atoms with E-state index in [9.17, 15) is 4.39 Å². The summed E-state index contributed by atoms with van der Waals surface area (Å²) in [4.78, 5) is 2.49. The van der Waals surface area contributed by atoms with Gasteiger partial charge in [-0.05, 0) is 64.0 Å². The third-order valence-corrected chi connectivity index (χ3v) is 4.35. The fourth-order valence-corrected chi connectivity index (χ4v) is 3.13. The van der Waals surface area contributed by atoms with Crippen LogP contribution in [0, 0.1) is 5.82 Å². The summed E-state index contributed by atoms with van der Waals surface area (Å²) in [6.07, 6.45) is 4.42. The highest BCUT2D eigenvalue weighted by Crippen LogP contribution is 2.33. The summed E-state index contributed by atoms with van der Waals surface area (Å²) in [5.74, 6) is 1.05. The lowest BCUT2D eigenvalue weighted by atomic mass is 9.92. The number of hydrogen-bond donors (Lipinski definition) is 1. The Bertz CT molecular complexity index is 590. The van der Waals surface area contributed by atoms with Crippen LogP contribution in [0.4, 0.5) is 4.39 Å². The topological polar surface area (TPSA) is 55.3 Å². The molecule has 0 bridgehead atoms. The molecule has 1 aromatic heterocycles. The Balaban J connectivity index is 1.63. The van der Waals surface area contributed by atoms with Gasteiger partial charge < -0.3 is 15.2 Å². The number of benzene rings is 1. The zero-order valence-electron chi connectivity index (χ0n) is 12.2. The summed E-state index contributed by atoms with van der Waals surface area (Å²) < 4.78 is 18.7. The summed E-state index contributed by atoms with van der Waals surface area (Å²) in [6.45, 7) is 4.07. The second kappa shape index (κ2) is 6.54. The second-order valence-electron chi connectivity index (χ2n) is 5.82. The predicted molar refractivity (Wildman–Crippen MR) is 80.7 cm³/mol. The van der Waals surface area contributed by atoms with Gasteiger partial charge in [0, 0.05) is 17.4 Å². The third kappa shape index (κ3) is 3.24. The van der Waals surface area contributed by atoms with Crippen molar-refractivity contribution >= 4 is 10.9 Å². The van der Waals surface area contributed by atoms with Crippen LogP contribution in [0.15, 0.2) is 22.7 Å². The van der Waals surface area contributed by atoms with Gasteiger partial charge in [-0.1, -0.05) is 5.16 Å². The van der Waals surface area contributed by atoms with Gasteiger partial charge in [0.05, 0.1) is 0 Å². The molecular weight excluding hydrogens is 269 g/mol. The Morgan fingerprint density at radius 2 is 2.10 bits per heavy atom. The van der Waals surface area contributed by atoms with Crippen molar-refractivity contribution in [2.45, 2.75) is 31.6 Å². The van der Waals surface area contributed by atoms with E-state index in [4.69, 9.17) is 10.3 Å². The Kier molecular flexibility index (Phi) is 4.51. The highest BCUT2D eigenvalue weighted by Gasteiger charge is 2.25. The number of aromatic nitrogens is 1. The largest absolute Gasteiger partial charge is 0.360 e. The van der Waals surface area contributed by atoms with E-state index in [0.29, 0.717) is 11.4 Å². The summed E-state index contributed by atoms with van der Waals surface area (Å²) in [5, 5.41) is 4.95. The molecule has 5 heteroatoms. The lowest BCUT2D eigenvalue weighted by molar-refractivity contribution is 0.195. The van der Waals surface area contributed by atoms with E-state index in [1.54, 1.807) is 6.07 Å². The molecule has 4 nitrogen and oxygen atoms in total. The van der Waals surface area contributed by atoms with Crippen LogP contribution >= 0.6 is 0 Å².